The smallest absolute Gasteiger partial charge is 0.191 e. The molecule has 3 unspecified atom stereocenters. The Morgan fingerprint density at radius 3 is 2.71 bits per heavy atom. The third-order valence-corrected chi connectivity index (χ3v) is 5.95. The third kappa shape index (κ3) is 4.41. The number of nitrogens with zero attached hydrogens (tertiary/aromatic N) is 1. The standard InChI is InChI=1S/C18H35N3O3/c1-17(2)15(11-18(17,3)22-5)21-16(19-4)20-8-6-9-23-12-14-7-10-24-13-14/h14-15H,6-13H2,1-5H3,(H2,19,20,21). The van der Waals surface area contributed by atoms with Crippen molar-refractivity contribution >= 4 is 5.96 Å². The van der Waals surface area contributed by atoms with Crippen LogP contribution in [0.15, 0.2) is 4.99 Å². The topological polar surface area (TPSA) is 64.1 Å². The van der Waals surface area contributed by atoms with Crippen LogP contribution in [-0.4, -0.2) is 64.7 Å². The molecule has 1 saturated carbocycles. The molecule has 2 N–H and O–H groups in total. The SMILES string of the molecule is CN=C(NCCCOCC1CCOC1)NC1CC(C)(OC)C1(C)C. The minimum absolute atomic E-state index is 0.0681. The van der Waals surface area contributed by atoms with E-state index in [1.165, 1.54) is 0 Å². The van der Waals surface area contributed by atoms with Gasteiger partial charge >= 0.3 is 0 Å². The zero-order valence-corrected chi connectivity index (χ0v) is 16.0. The largest absolute Gasteiger partial charge is 0.381 e. The minimum atomic E-state index is -0.0681. The van der Waals surface area contributed by atoms with E-state index in [0.717, 1.165) is 58.2 Å². The lowest BCUT2D eigenvalue weighted by Gasteiger charge is -2.59. The Hall–Kier alpha value is -0.850. The summed E-state index contributed by atoms with van der Waals surface area (Å²) in [5, 5.41) is 6.89. The maximum atomic E-state index is 5.72. The van der Waals surface area contributed by atoms with Gasteiger partial charge in [-0.1, -0.05) is 13.8 Å². The highest BCUT2D eigenvalue weighted by Gasteiger charge is 2.58. The maximum absolute atomic E-state index is 5.72. The fourth-order valence-electron chi connectivity index (χ4n) is 3.43. The van der Waals surface area contributed by atoms with Crippen molar-refractivity contribution in [3.63, 3.8) is 0 Å². The molecule has 2 aliphatic rings. The van der Waals surface area contributed by atoms with Crippen LogP contribution < -0.4 is 10.6 Å². The first-order valence-corrected chi connectivity index (χ1v) is 9.11. The van der Waals surface area contributed by atoms with Crippen molar-refractivity contribution in [2.45, 2.75) is 51.7 Å². The van der Waals surface area contributed by atoms with Gasteiger partial charge in [0.25, 0.3) is 0 Å². The summed E-state index contributed by atoms with van der Waals surface area (Å²) in [7, 11) is 3.61. The van der Waals surface area contributed by atoms with Crippen molar-refractivity contribution in [2.24, 2.45) is 16.3 Å². The van der Waals surface area contributed by atoms with Gasteiger partial charge in [-0.05, 0) is 26.2 Å². The molecule has 0 amide bonds. The van der Waals surface area contributed by atoms with E-state index < -0.39 is 0 Å². The van der Waals surface area contributed by atoms with E-state index in [-0.39, 0.29) is 11.0 Å². The molecule has 0 spiro atoms. The van der Waals surface area contributed by atoms with E-state index in [2.05, 4.69) is 36.4 Å². The Morgan fingerprint density at radius 2 is 2.12 bits per heavy atom. The van der Waals surface area contributed by atoms with Crippen LogP contribution in [0.5, 0.6) is 0 Å². The van der Waals surface area contributed by atoms with Gasteiger partial charge in [0, 0.05) is 51.3 Å². The molecule has 1 aliphatic heterocycles. The Labute approximate surface area is 146 Å². The predicted octanol–water partition coefficient (Wildman–Crippen LogP) is 1.80. The Balaban J connectivity index is 1.59. The highest BCUT2D eigenvalue weighted by molar-refractivity contribution is 5.80. The second-order valence-electron chi connectivity index (χ2n) is 7.71. The van der Waals surface area contributed by atoms with Gasteiger partial charge in [0.2, 0.25) is 0 Å². The normalized spacial score (nSPS) is 32.5. The van der Waals surface area contributed by atoms with Gasteiger partial charge in [-0.3, -0.25) is 4.99 Å². The predicted molar refractivity (Wildman–Crippen MR) is 96.5 cm³/mol. The molecule has 2 fully saturated rings. The van der Waals surface area contributed by atoms with Crippen LogP contribution in [0.1, 0.15) is 40.0 Å². The van der Waals surface area contributed by atoms with E-state index in [0.29, 0.717) is 12.0 Å². The molecule has 0 bridgehead atoms. The summed E-state index contributed by atoms with van der Waals surface area (Å²) in [6.07, 6.45) is 3.09. The quantitative estimate of drug-likeness (QED) is 0.400. The van der Waals surface area contributed by atoms with Gasteiger partial charge in [-0.2, -0.15) is 0 Å². The number of ether oxygens (including phenoxy) is 3. The maximum Gasteiger partial charge on any atom is 0.191 e. The molecular formula is C18H35N3O3. The van der Waals surface area contributed by atoms with Crippen LogP contribution in [0.2, 0.25) is 0 Å². The molecule has 0 aromatic rings. The summed E-state index contributed by atoms with van der Waals surface area (Å²) in [4.78, 5) is 4.33. The van der Waals surface area contributed by atoms with Crippen LogP contribution in [0.3, 0.4) is 0 Å². The lowest BCUT2D eigenvalue weighted by atomic mass is 9.56. The molecule has 1 saturated heterocycles. The van der Waals surface area contributed by atoms with Crippen molar-refractivity contribution in [3.8, 4) is 0 Å². The van der Waals surface area contributed by atoms with E-state index >= 15 is 0 Å². The molecule has 3 atom stereocenters. The second kappa shape index (κ2) is 8.50. The first kappa shape index (κ1) is 19.5. The third-order valence-electron chi connectivity index (χ3n) is 5.95. The van der Waals surface area contributed by atoms with Gasteiger partial charge in [0.15, 0.2) is 5.96 Å². The van der Waals surface area contributed by atoms with E-state index in [4.69, 9.17) is 14.2 Å². The van der Waals surface area contributed by atoms with Gasteiger partial charge in [-0.15, -0.1) is 0 Å². The monoisotopic (exact) mass is 341 g/mol. The molecule has 140 valence electrons. The Kier molecular flexibility index (Phi) is 6.89. The second-order valence-corrected chi connectivity index (χ2v) is 7.71. The van der Waals surface area contributed by atoms with E-state index in [1.54, 1.807) is 7.11 Å². The highest BCUT2D eigenvalue weighted by atomic mass is 16.5. The average molecular weight is 341 g/mol. The number of rotatable bonds is 8. The van der Waals surface area contributed by atoms with Gasteiger partial charge in [0.1, 0.15) is 0 Å². The average Bonchev–Trinajstić information content (AvgIpc) is 3.08. The summed E-state index contributed by atoms with van der Waals surface area (Å²) in [5.41, 5.74) is 0.00709. The number of hydrogen-bond acceptors (Lipinski definition) is 4. The highest BCUT2D eigenvalue weighted by Crippen LogP contribution is 2.51. The Morgan fingerprint density at radius 1 is 1.33 bits per heavy atom. The van der Waals surface area contributed by atoms with Gasteiger partial charge in [0.05, 0.1) is 18.8 Å². The van der Waals surface area contributed by atoms with Crippen LogP contribution in [0, 0.1) is 11.3 Å². The van der Waals surface area contributed by atoms with Crippen molar-refractivity contribution in [2.75, 3.05) is 47.1 Å². The molecule has 0 radical (unpaired) electrons. The zero-order valence-electron chi connectivity index (χ0n) is 16.0. The molecular weight excluding hydrogens is 306 g/mol. The molecule has 0 aromatic heterocycles. The summed E-state index contributed by atoms with van der Waals surface area (Å²) < 4.78 is 16.7. The van der Waals surface area contributed by atoms with E-state index in [9.17, 15) is 0 Å². The number of aliphatic imine (C=N–C) groups is 1. The first-order chi connectivity index (χ1) is 11.4. The summed E-state index contributed by atoms with van der Waals surface area (Å²) in [6.45, 7) is 10.8. The summed E-state index contributed by atoms with van der Waals surface area (Å²) in [5.74, 6) is 1.44. The molecule has 1 aliphatic carbocycles. The molecule has 6 nitrogen and oxygen atoms in total. The molecule has 2 rings (SSSR count). The fraction of sp³-hybridized carbons (Fsp3) is 0.944. The summed E-state index contributed by atoms with van der Waals surface area (Å²) >= 11 is 0. The van der Waals surface area contributed by atoms with Crippen molar-refractivity contribution in [3.05, 3.63) is 0 Å². The number of methoxy groups -OCH3 is 1. The number of hydrogen-bond donors (Lipinski definition) is 2. The number of nitrogens with one attached hydrogen (secondary N) is 2. The van der Waals surface area contributed by atoms with Crippen LogP contribution in [-0.2, 0) is 14.2 Å². The molecule has 0 aromatic carbocycles. The van der Waals surface area contributed by atoms with E-state index in [1.807, 2.05) is 7.05 Å². The van der Waals surface area contributed by atoms with Crippen molar-refractivity contribution in [1.29, 1.82) is 0 Å². The van der Waals surface area contributed by atoms with Crippen LogP contribution >= 0.6 is 0 Å². The summed E-state index contributed by atoms with van der Waals surface area (Å²) in [6, 6.07) is 0.368. The van der Waals surface area contributed by atoms with Crippen molar-refractivity contribution in [1.82, 2.24) is 10.6 Å². The zero-order chi connectivity index (χ0) is 17.6. The first-order valence-electron chi connectivity index (χ1n) is 9.11. The molecule has 6 heteroatoms. The lowest BCUT2D eigenvalue weighted by Crippen LogP contribution is -2.69. The van der Waals surface area contributed by atoms with Crippen LogP contribution in [0.4, 0.5) is 0 Å². The lowest BCUT2D eigenvalue weighted by molar-refractivity contribution is -0.176. The minimum Gasteiger partial charge on any atom is -0.381 e. The fourth-order valence-corrected chi connectivity index (χ4v) is 3.43. The molecule has 1 heterocycles. The van der Waals surface area contributed by atoms with Gasteiger partial charge < -0.3 is 24.8 Å². The van der Waals surface area contributed by atoms with Gasteiger partial charge in [-0.25, -0.2) is 0 Å². The Bertz CT molecular complexity index is 422. The van der Waals surface area contributed by atoms with Crippen molar-refractivity contribution < 1.29 is 14.2 Å². The number of guanidine groups is 1. The van der Waals surface area contributed by atoms with Crippen LogP contribution in [0.25, 0.3) is 0 Å². The molecule has 24 heavy (non-hydrogen) atoms.